The number of carbonyl (C=O) groups is 2. The Balaban J connectivity index is 2.91. The summed E-state index contributed by atoms with van der Waals surface area (Å²) in [6.07, 6.45) is 6.06. The van der Waals surface area contributed by atoms with Crippen LogP contribution in [-0.2, 0) is 9.59 Å². The van der Waals surface area contributed by atoms with Crippen LogP contribution in [0.2, 0.25) is 0 Å². The van der Waals surface area contributed by atoms with E-state index in [0.717, 1.165) is 0 Å². The third-order valence-electron chi connectivity index (χ3n) is 2.94. The molecule has 1 saturated heterocycles. The molecule has 1 atom stereocenters. The third-order valence-corrected chi connectivity index (χ3v) is 2.94. The first-order valence-corrected chi connectivity index (χ1v) is 5.86. The minimum absolute atomic E-state index is 0.0463. The van der Waals surface area contributed by atoms with Crippen molar-refractivity contribution in [1.29, 1.82) is 0 Å². The van der Waals surface area contributed by atoms with E-state index in [-0.39, 0.29) is 18.4 Å². The summed E-state index contributed by atoms with van der Waals surface area (Å²) in [7, 11) is 0. The van der Waals surface area contributed by atoms with E-state index in [1.807, 2.05) is 13.8 Å². The number of rotatable bonds is 3. The summed E-state index contributed by atoms with van der Waals surface area (Å²) in [5.41, 5.74) is -0.718. The van der Waals surface area contributed by atoms with E-state index in [4.69, 9.17) is 6.42 Å². The van der Waals surface area contributed by atoms with Gasteiger partial charge in [-0.15, -0.1) is 6.42 Å². The van der Waals surface area contributed by atoms with Gasteiger partial charge < -0.3 is 10.2 Å². The van der Waals surface area contributed by atoms with Crippen LogP contribution in [0.15, 0.2) is 0 Å². The van der Waals surface area contributed by atoms with E-state index in [1.54, 1.807) is 13.8 Å². The Hall–Kier alpha value is -1.50. The largest absolute Gasteiger partial charge is 0.343 e. The molecule has 1 rings (SSSR count). The molecule has 0 saturated carbocycles. The third kappa shape index (κ3) is 3.00. The maximum absolute atomic E-state index is 12.2. The van der Waals surface area contributed by atoms with Crippen molar-refractivity contribution >= 4 is 11.8 Å². The molecule has 0 spiro atoms. The number of amides is 2. The topological polar surface area (TPSA) is 49.4 Å². The molecule has 1 aliphatic heterocycles. The molecule has 0 radical (unpaired) electrons. The van der Waals surface area contributed by atoms with Gasteiger partial charge in [0.1, 0.15) is 12.6 Å². The van der Waals surface area contributed by atoms with Crippen molar-refractivity contribution in [3.05, 3.63) is 0 Å². The Labute approximate surface area is 103 Å². The first-order valence-electron chi connectivity index (χ1n) is 5.86. The summed E-state index contributed by atoms with van der Waals surface area (Å²) in [6.45, 7) is 7.63. The molecule has 0 aromatic rings. The van der Waals surface area contributed by atoms with Gasteiger partial charge >= 0.3 is 0 Å². The van der Waals surface area contributed by atoms with Gasteiger partial charge in [-0.2, -0.15) is 0 Å². The average Bonchev–Trinajstić information content (AvgIpc) is 2.22. The van der Waals surface area contributed by atoms with E-state index >= 15 is 0 Å². The minimum Gasteiger partial charge on any atom is -0.343 e. The molecule has 1 N–H and O–H groups in total. The van der Waals surface area contributed by atoms with Crippen molar-refractivity contribution in [3.8, 4) is 12.3 Å². The molecule has 0 aromatic carbocycles. The van der Waals surface area contributed by atoms with Crippen LogP contribution in [0.25, 0.3) is 0 Å². The molecule has 4 nitrogen and oxygen atoms in total. The zero-order valence-electron chi connectivity index (χ0n) is 10.9. The van der Waals surface area contributed by atoms with Crippen molar-refractivity contribution in [1.82, 2.24) is 10.2 Å². The Bertz CT molecular complexity index is 366. The maximum atomic E-state index is 12.2. The molecular weight excluding hydrogens is 216 g/mol. The highest BCUT2D eigenvalue weighted by Gasteiger charge is 2.39. The van der Waals surface area contributed by atoms with Crippen molar-refractivity contribution in [2.75, 3.05) is 6.54 Å². The predicted molar refractivity (Wildman–Crippen MR) is 66.0 cm³/mol. The second-order valence-electron chi connectivity index (χ2n) is 5.38. The Morgan fingerprint density at radius 3 is 2.59 bits per heavy atom. The van der Waals surface area contributed by atoms with Crippen LogP contribution in [0.4, 0.5) is 0 Å². The van der Waals surface area contributed by atoms with Gasteiger partial charge in [0.25, 0.3) is 0 Å². The van der Waals surface area contributed by atoms with Gasteiger partial charge in [0.2, 0.25) is 11.8 Å². The highest BCUT2D eigenvalue weighted by Crippen LogP contribution is 2.19. The zero-order valence-corrected chi connectivity index (χ0v) is 10.9. The van der Waals surface area contributed by atoms with E-state index in [1.165, 1.54) is 4.90 Å². The molecule has 94 valence electrons. The molecule has 0 aromatic heterocycles. The number of hydrogen-bond donors (Lipinski definition) is 1. The van der Waals surface area contributed by atoms with Crippen LogP contribution in [0.1, 0.15) is 34.1 Å². The molecule has 0 aliphatic carbocycles. The van der Waals surface area contributed by atoms with Gasteiger partial charge in [-0.3, -0.25) is 9.59 Å². The van der Waals surface area contributed by atoms with Crippen molar-refractivity contribution in [2.24, 2.45) is 5.92 Å². The quantitative estimate of drug-likeness (QED) is 0.736. The average molecular weight is 236 g/mol. The summed E-state index contributed by atoms with van der Waals surface area (Å²) in [5, 5.41) is 2.72. The molecule has 17 heavy (non-hydrogen) atoms. The lowest BCUT2D eigenvalue weighted by Gasteiger charge is -2.40. The standard InChI is InChI=1S/C13H20N2O2/c1-6-13(4,5)15-8-11(16)14-10(12(15)17)7-9(2)3/h1,9-10H,7-8H2,2-5H3,(H,14,16). The highest BCUT2D eigenvalue weighted by molar-refractivity contribution is 5.95. The number of nitrogens with one attached hydrogen (secondary N) is 1. The molecule has 1 fully saturated rings. The molecule has 0 bridgehead atoms. The number of piperazine rings is 1. The molecule has 1 heterocycles. The lowest BCUT2D eigenvalue weighted by atomic mass is 9.96. The fourth-order valence-electron chi connectivity index (χ4n) is 1.89. The second kappa shape index (κ2) is 4.79. The van der Waals surface area contributed by atoms with Crippen molar-refractivity contribution in [2.45, 2.75) is 45.7 Å². The Morgan fingerprint density at radius 1 is 1.53 bits per heavy atom. The molecule has 4 heteroatoms. The number of terminal acetylenes is 1. The summed E-state index contributed by atoms with van der Waals surface area (Å²) in [4.78, 5) is 25.3. The predicted octanol–water partition coefficient (Wildman–Crippen LogP) is 0.771. The monoisotopic (exact) mass is 236 g/mol. The van der Waals surface area contributed by atoms with Crippen LogP contribution in [0, 0.1) is 18.3 Å². The van der Waals surface area contributed by atoms with Gasteiger partial charge in [0, 0.05) is 0 Å². The van der Waals surface area contributed by atoms with E-state index in [9.17, 15) is 9.59 Å². The van der Waals surface area contributed by atoms with Gasteiger partial charge in [-0.05, 0) is 26.2 Å². The highest BCUT2D eigenvalue weighted by atomic mass is 16.2. The number of nitrogens with zero attached hydrogens (tertiary/aromatic N) is 1. The number of hydrogen-bond acceptors (Lipinski definition) is 2. The first-order chi connectivity index (χ1) is 7.77. The summed E-state index contributed by atoms with van der Waals surface area (Å²) in [6, 6.07) is -0.441. The van der Waals surface area contributed by atoms with Crippen LogP contribution in [0.3, 0.4) is 0 Å². The maximum Gasteiger partial charge on any atom is 0.246 e. The minimum atomic E-state index is -0.718. The smallest absolute Gasteiger partial charge is 0.246 e. The van der Waals surface area contributed by atoms with Crippen LogP contribution in [-0.4, -0.2) is 34.8 Å². The van der Waals surface area contributed by atoms with Crippen LogP contribution < -0.4 is 5.32 Å². The Kier molecular flexibility index (Phi) is 3.82. The van der Waals surface area contributed by atoms with E-state index in [2.05, 4.69) is 11.2 Å². The fraction of sp³-hybridized carbons (Fsp3) is 0.692. The van der Waals surface area contributed by atoms with Gasteiger partial charge in [-0.1, -0.05) is 19.8 Å². The van der Waals surface area contributed by atoms with Crippen molar-refractivity contribution in [3.63, 3.8) is 0 Å². The SMILES string of the molecule is C#CC(C)(C)N1CC(=O)NC(CC(C)C)C1=O. The van der Waals surface area contributed by atoms with E-state index in [0.29, 0.717) is 12.3 Å². The Morgan fingerprint density at radius 2 is 2.12 bits per heavy atom. The van der Waals surface area contributed by atoms with E-state index < -0.39 is 11.6 Å². The summed E-state index contributed by atoms with van der Waals surface area (Å²) >= 11 is 0. The molecule has 1 aliphatic rings. The van der Waals surface area contributed by atoms with Crippen LogP contribution in [0.5, 0.6) is 0 Å². The second-order valence-corrected chi connectivity index (χ2v) is 5.38. The molecule has 2 amide bonds. The van der Waals surface area contributed by atoms with Crippen molar-refractivity contribution < 1.29 is 9.59 Å². The molecule has 1 unspecified atom stereocenters. The lowest BCUT2D eigenvalue weighted by Crippen LogP contribution is -2.63. The van der Waals surface area contributed by atoms with Crippen LogP contribution >= 0.6 is 0 Å². The number of carbonyl (C=O) groups excluding carboxylic acids is 2. The molecular formula is C13H20N2O2. The van der Waals surface area contributed by atoms with Gasteiger partial charge in [0.15, 0.2) is 0 Å². The lowest BCUT2D eigenvalue weighted by molar-refractivity contribution is -0.148. The fourth-order valence-corrected chi connectivity index (χ4v) is 1.89. The van der Waals surface area contributed by atoms with Gasteiger partial charge in [-0.25, -0.2) is 0 Å². The normalized spacial score (nSPS) is 21.4. The summed E-state index contributed by atoms with van der Waals surface area (Å²) < 4.78 is 0. The van der Waals surface area contributed by atoms with Gasteiger partial charge in [0.05, 0.1) is 5.54 Å². The summed E-state index contributed by atoms with van der Waals surface area (Å²) in [5.74, 6) is 2.68. The zero-order chi connectivity index (χ0) is 13.2. The first kappa shape index (κ1) is 13.6.